The molecule has 5 rings (SSSR count). The van der Waals surface area contributed by atoms with Gasteiger partial charge in [0.2, 0.25) is 0 Å². The summed E-state index contributed by atoms with van der Waals surface area (Å²) in [6, 6.07) is 21.8. The molecule has 1 aliphatic rings. The van der Waals surface area contributed by atoms with Crippen LogP contribution in [-0.4, -0.2) is 26.8 Å². The number of hydrogen-bond donors (Lipinski definition) is 1. The summed E-state index contributed by atoms with van der Waals surface area (Å²) in [5.41, 5.74) is 3.99. The molecule has 4 heterocycles. The van der Waals surface area contributed by atoms with E-state index in [0.717, 1.165) is 34.2 Å². The summed E-state index contributed by atoms with van der Waals surface area (Å²) in [6.07, 6.45) is 5.72. The van der Waals surface area contributed by atoms with Crippen LogP contribution in [0.4, 0.5) is 5.69 Å². The van der Waals surface area contributed by atoms with Gasteiger partial charge in [-0.15, -0.1) is 0 Å². The molecule has 0 spiro atoms. The molecule has 1 saturated heterocycles. The predicted molar refractivity (Wildman–Crippen MR) is 129 cm³/mol. The first kappa shape index (κ1) is 20.2. The van der Waals surface area contributed by atoms with E-state index < -0.39 is 0 Å². The minimum atomic E-state index is -0.160. The van der Waals surface area contributed by atoms with Crippen molar-refractivity contribution in [2.45, 2.75) is 19.0 Å². The van der Waals surface area contributed by atoms with Gasteiger partial charge >= 0.3 is 0 Å². The van der Waals surface area contributed by atoms with Crippen LogP contribution in [0, 0.1) is 6.92 Å². The Morgan fingerprint density at radius 2 is 1.81 bits per heavy atom. The summed E-state index contributed by atoms with van der Waals surface area (Å²) in [6.45, 7) is 2.03. The van der Waals surface area contributed by atoms with Gasteiger partial charge in [0.05, 0.1) is 24.5 Å². The number of para-hydroxylation sites is 2. The van der Waals surface area contributed by atoms with Gasteiger partial charge < -0.3 is 19.5 Å². The van der Waals surface area contributed by atoms with Gasteiger partial charge in [-0.3, -0.25) is 4.98 Å². The van der Waals surface area contributed by atoms with Crippen molar-refractivity contribution in [3.63, 3.8) is 0 Å². The number of benzene rings is 1. The minimum absolute atomic E-state index is 0.146. The molecule has 1 aliphatic heterocycles. The number of nitrogens with one attached hydrogen (secondary N) is 1. The summed E-state index contributed by atoms with van der Waals surface area (Å²) < 4.78 is 7.79. The third-order valence-corrected chi connectivity index (χ3v) is 5.98. The third-order valence-electron chi connectivity index (χ3n) is 5.67. The molecule has 32 heavy (non-hydrogen) atoms. The van der Waals surface area contributed by atoms with Crippen LogP contribution < -0.4 is 15.0 Å². The van der Waals surface area contributed by atoms with Gasteiger partial charge in [-0.1, -0.05) is 24.3 Å². The van der Waals surface area contributed by atoms with Crippen molar-refractivity contribution in [3.8, 4) is 11.6 Å². The number of aryl methyl sites for hydroxylation is 1. The highest BCUT2D eigenvalue weighted by molar-refractivity contribution is 7.80. The number of hydrogen-bond acceptors (Lipinski definition) is 4. The fourth-order valence-corrected chi connectivity index (χ4v) is 4.53. The van der Waals surface area contributed by atoms with Crippen molar-refractivity contribution in [2.24, 2.45) is 0 Å². The van der Waals surface area contributed by atoms with Crippen LogP contribution in [0.5, 0.6) is 5.75 Å². The SMILES string of the molecule is COc1ccccc1N1C(=S)N[C@H](c2ccccn2)[C@@H]1c1cccn1-c1ccc(C)cn1. The second-order valence-corrected chi connectivity index (χ2v) is 8.05. The second kappa shape index (κ2) is 8.43. The Bertz CT molecular complexity index is 1240. The minimum Gasteiger partial charge on any atom is -0.495 e. The first-order chi connectivity index (χ1) is 15.7. The van der Waals surface area contributed by atoms with E-state index in [1.165, 1.54) is 0 Å². The van der Waals surface area contributed by atoms with E-state index in [4.69, 9.17) is 17.0 Å². The normalized spacial score (nSPS) is 17.9. The number of rotatable bonds is 5. The van der Waals surface area contributed by atoms with Crippen LogP contribution >= 0.6 is 12.2 Å². The lowest BCUT2D eigenvalue weighted by atomic mass is 10.0. The van der Waals surface area contributed by atoms with Crippen molar-refractivity contribution >= 4 is 23.0 Å². The fraction of sp³-hybridized carbons (Fsp3) is 0.160. The van der Waals surface area contributed by atoms with E-state index in [1.807, 2.05) is 80.1 Å². The third kappa shape index (κ3) is 3.50. The van der Waals surface area contributed by atoms with Gasteiger partial charge in [-0.2, -0.15) is 0 Å². The first-order valence-electron chi connectivity index (χ1n) is 10.4. The lowest BCUT2D eigenvalue weighted by Gasteiger charge is -2.29. The average molecular weight is 442 g/mol. The highest BCUT2D eigenvalue weighted by atomic mass is 32.1. The molecule has 2 atom stereocenters. The van der Waals surface area contributed by atoms with Gasteiger partial charge in [-0.25, -0.2) is 4.98 Å². The Hall–Kier alpha value is -3.71. The van der Waals surface area contributed by atoms with Gasteiger partial charge in [0.25, 0.3) is 0 Å². The fourth-order valence-electron chi connectivity index (χ4n) is 4.19. The summed E-state index contributed by atoms with van der Waals surface area (Å²) in [7, 11) is 1.68. The van der Waals surface area contributed by atoms with Crippen molar-refractivity contribution in [3.05, 3.63) is 102 Å². The molecule has 7 heteroatoms. The maximum absolute atomic E-state index is 5.84. The zero-order valence-electron chi connectivity index (χ0n) is 17.8. The van der Waals surface area contributed by atoms with Crippen LogP contribution in [0.15, 0.2) is 85.3 Å². The Morgan fingerprint density at radius 3 is 2.56 bits per heavy atom. The highest BCUT2D eigenvalue weighted by Crippen LogP contribution is 2.44. The molecule has 1 N–H and O–H groups in total. The summed E-state index contributed by atoms with van der Waals surface area (Å²) >= 11 is 5.84. The molecular weight excluding hydrogens is 418 g/mol. The molecule has 0 unspecified atom stereocenters. The number of thiocarbonyl (C=S) groups is 1. The summed E-state index contributed by atoms with van der Waals surface area (Å²) in [5, 5.41) is 4.13. The zero-order valence-corrected chi connectivity index (χ0v) is 18.7. The first-order valence-corrected chi connectivity index (χ1v) is 10.8. The van der Waals surface area contributed by atoms with Crippen molar-refractivity contribution in [1.82, 2.24) is 19.9 Å². The maximum atomic E-state index is 5.84. The van der Waals surface area contributed by atoms with E-state index >= 15 is 0 Å². The molecule has 0 amide bonds. The van der Waals surface area contributed by atoms with Gasteiger partial charge in [0.15, 0.2) is 5.11 Å². The number of ether oxygens (including phenoxy) is 1. The van der Waals surface area contributed by atoms with E-state index in [-0.39, 0.29) is 12.1 Å². The van der Waals surface area contributed by atoms with Crippen molar-refractivity contribution in [2.75, 3.05) is 12.0 Å². The molecule has 0 aliphatic carbocycles. The van der Waals surface area contributed by atoms with Gasteiger partial charge in [0, 0.05) is 24.3 Å². The quantitative estimate of drug-likeness (QED) is 0.451. The number of pyridine rings is 2. The predicted octanol–water partition coefficient (Wildman–Crippen LogP) is 4.76. The molecule has 6 nitrogen and oxygen atoms in total. The molecule has 0 radical (unpaired) electrons. The monoisotopic (exact) mass is 441 g/mol. The second-order valence-electron chi connectivity index (χ2n) is 7.67. The topological polar surface area (TPSA) is 55.2 Å². The van der Waals surface area contributed by atoms with Crippen LogP contribution in [-0.2, 0) is 0 Å². The van der Waals surface area contributed by atoms with Crippen LogP contribution in [0.2, 0.25) is 0 Å². The summed E-state index contributed by atoms with van der Waals surface area (Å²) in [4.78, 5) is 11.4. The Morgan fingerprint density at radius 1 is 0.969 bits per heavy atom. The van der Waals surface area contributed by atoms with Crippen LogP contribution in [0.3, 0.4) is 0 Å². The number of aromatic nitrogens is 3. The lowest BCUT2D eigenvalue weighted by Crippen LogP contribution is -2.30. The largest absolute Gasteiger partial charge is 0.495 e. The summed E-state index contributed by atoms with van der Waals surface area (Å²) in [5.74, 6) is 1.61. The smallest absolute Gasteiger partial charge is 0.174 e. The molecule has 1 fully saturated rings. The molecule has 0 bridgehead atoms. The average Bonchev–Trinajstić information content (AvgIpc) is 3.44. The van der Waals surface area contributed by atoms with Crippen LogP contribution in [0.25, 0.3) is 5.82 Å². The Kier molecular flexibility index (Phi) is 5.33. The van der Waals surface area contributed by atoms with E-state index in [2.05, 4.69) is 36.9 Å². The number of methoxy groups -OCH3 is 1. The Labute approximate surface area is 192 Å². The maximum Gasteiger partial charge on any atom is 0.174 e. The lowest BCUT2D eigenvalue weighted by molar-refractivity contribution is 0.414. The standard InChI is InChI=1S/C25H23N5OS/c1-17-12-13-22(27-16-17)29-15-7-10-20(29)24-23(18-8-5-6-14-26-18)28-25(32)30(24)19-9-3-4-11-21(19)31-2/h3-16,23-24H,1-2H3,(H,28,32)/t23-,24+/m1/s1. The van der Waals surface area contributed by atoms with Crippen LogP contribution in [0.1, 0.15) is 29.0 Å². The van der Waals surface area contributed by atoms with E-state index in [1.54, 1.807) is 7.11 Å². The molecule has 4 aromatic rings. The Balaban J connectivity index is 1.68. The molecule has 0 saturated carbocycles. The highest BCUT2D eigenvalue weighted by Gasteiger charge is 2.43. The van der Waals surface area contributed by atoms with Crippen molar-refractivity contribution in [1.29, 1.82) is 0 Å². The van der Waals surface area contributed by atoms with Gasteiger partial charge in [-0.05, 0) is 67.2 Å². The number of nitrogens with zero attached hydrogens (tertiary/aromatic N) is 4. The molecular formula is C25H23N5OS. The zero-order chi connectivity index (χ0) is 22.1. The van der Waals surface area contributed by atoms with E-state index in [0.29, 0.717) is 5.11 Å². The molecule has 1 aromatic carbocycles. The molecule has 160 valence electrons. The number of anilines is 1. The van der Waals surface area contributed by atoms with E-state index in [9.17, 15) is 0 Å². The molecule has 3 aromatic heterocycles. The van der Waals surface area contributed by atoms with Gasteiger partial charge in [0.1, 0.15) is 17.6 Å². The van der Waals surface area contributed by atoms with Crippen molar-refractivity contribution < 1.29 is 4.74 Å².